The third-order valence-electron chi connectivity index (χ3n) is 14.4. The second kappa shape index (κ2) is 27.1. The van der Waals surface area contributed by atoms with Crippen LogP contribution in [0.3, 0.4) is 0 Å². The number of hydrogen-bond acceptors (Lipinski definition) is 10. The number of carbonyl (C=O) groups is 4. The number of aliphatic carboxylic acids is 2. The number of amides is 2. The maximum Gasteiger partial charge on any atom is 0.410 e. The van der Waals surface area contributed by atoms with Crippen molar-refractivity contribution in [2.24, 2.45) is 23.7 Å². The van der Waals surface area contributed by atoms with Gasteiger partial charge in [0.05, 0.1) is 18.3 Å². The lowest BCUT2D eigenvalue weighted by Gasteiger charge is -2.29. The van der Waals surface area contributed by atoms with Crippen molar-refractivity contribution in [1.29, 1.82) is 0 Å². The van der Waals surface area contributed by atoms with Crippen molar-refractivity contribution >= 4 is 23.9 Å². The molecule has 2 saturated carbocycles. The Bertz CT molecular complexity index is 2320. The summed E-state index contributed by atoms with van der Waals surface area (Å²) in [6.45, 7) is 8.66. The van der Waals surface area contributed by atoms with Gasteiger partial charge in [0.1, 0.15) is 36.4 Å². The van der Waals surface area contributed by atoms with Gasteiger partial charge in [-0.15, -0.1) is 23.7 Å². The van der Waals surface area contributed by atoms with Crippen molar-refractivity contribution in [2.45, 2.75) is 167 Å². The molecule has 2 amide bonds. The van der Waals surface area contributed by atoms with Crippen LogP contribution in [0, 0.1) is 47.4 Å². The Hall–Kier alpha value is -5.80. The highest BCUT2D eigenvalue weighted by molar-refractivity contribution is 5.81. The molecule has 3 heterocycles. The molecule has 386 valence electrons. The van der Waals surface area contributed by atoms with Gasteiger partial charge in [0.2, 0.25) is 5.91 Å². The number of aryl methyl sites for hydroxylation is 2. The Morgan fingerprint density at radius 3 is 1.80 bits per heavy atom. The van der Waals surface area contributed by atoms with E-state index in [1.165, 1.54) is 0 Å². The van der Waals surface area contributed by atoms with E-state index in [9.17, 15) is 34.5 Å². The average molecular weight is 981 g/mol. The third-order valence-corrected chi connectivity index (χ3v) is 14.4. The van der Waals surface area contributed by atoms with E-state index in [4.69, 9.17) is 24.4 Å². The second-order valence-corrected chi connectivity index (χ2v) is 19.4. The van der Waals surface area contributed by atoms with E-state index in [1.807, 2.05) is 68.5 Å². The summed E-state index contributed by atoms with van der Waals surface area (Å²) < 4.78 is 18.6. The molecule has 3 aliphatic heterocycles. The zero-order valence-corrected chi connectivity index (χ0v) is 41.1. The van der Waals surface area contributed by atoms with Crippen LogP contribution in [0.1, 0.15) is 140 Å². The predicted molar refractivity (Wildman–Crippen MR) is 271 cm³/mol. The fourth-order valence-corrected chi connectivity index (χ4v) is 10.5. The minimum atomic E-state index is -1.06. The van der Waals surface area contributed by atoms with Gasteiger partial charge in [-0.25, -0.2) is 4.79 Å². The van der Waals surface area contributed by atoms with E-state index in [2.05, 4.69) is 29.0 Å². The van der Waals surface area contributed by atoms with Crippen LogP contribution in [-0.2, 0) is 32.0 Å². The molecular weight excluding hydrogens is 905 g/mol. The monoisotopic (exact) mass is 981 g/mol. The molecule has 2 aliphatic carbocycles. The fourth-order valence-electron chi connectivity index (χ4n) is 10.5. The van der Waals surface area contributed by atoms with Gasteiger partial charge in [-0.1, -0.05) is 75.9 Å². The molecule has 0 bridgehead atoms. The van der Waals surface area contributed by atoms with Crippen LogP contribution >= 0.6 is 0 Å². The van der Waals surface area contributed by atoms with Crippen molar-refractivity contribution in [3.05, 3.63) is 83.0 Å². The molecular formula is C57H76N2O12. The third kappa shape index (κ3) is 14.9. The Morgan fingerprint density at radius 2 is 1.28 bits per heavy atom. The number of benzene rings is 2. The highest BCUT2D eigenvalue weighted by Gasteiger charge is 2.50. The predicted octanol–water partition coefficient (Wildman–Crippen LogP) is 7.95. The SMILES string of the molecule is C.CC#CC[C@H](C)[C@@H](/C=C/[C@@H]1[C@H]2c3cccc(CCCC(=O)O)c3O[C@H]2C[C@H]1O)OC(=O)N1CCCCC1.CC#CC[C@H](C)[C@H](O)/C=C/[C@@H]1[C@H]2c3cccc(CCCC(=O)NCC(=O)O)c3O[C@H]2C[C@H]1O. The summed E-state index contributed by atoms with van der Waals surface area (Å²) >= 11 is 0. The summed E-state index contributed by atoms with van der Waals surface area (Å²) in [5, 5.41) is 52.0. The summed E-state index contributed by atoms with van der Waals surface area (Å²) in [5.41, 5.74) is 4.15. The van der Waals surface area contributed by atoms with Crippen molar-refractivity contribution in [2.75, 3.05) is 19.6 Å². The number of rotatable bonds is 19. The van der Waals surface area contributed by atoms with Gasteiger partial charge in [0.25, 0.3) is 0 Å². The van der Waals surface area contributed by atoms with Gasteiger partial charge in [-0.05, 0) is 81.9 Å². The van der Waals surface area contributed by atoms with Crippen LogP contribution < -0.4 is 14.8 Å². The molecule has 0 radical (unpaired) electrons. The molecule has 3 fully saturated rings. The molecule has 5 aliphatic rings. The molecule has 2 aromatic rings. The van der Waals surface area contributed by atoms with Crippen LogP contribution in [-0.4, -0.2) is 111 Å². The number of carboxylic acids is 2. The lowest BCUT2D eigenvalue weighted by atomic mass is 9.86. The van der Waals surface area contributed by atoms with E-state index < -0.39 is 36.4 Å². The number of ether oxygens (including phenoxy) is 3. The lowest BCUT2D eigenvalue weighted by Crippen LogP contribution is -2.39. The number of aliphatic hydroxyl groups is 3. The highest BCUT2D eigenvalue weighted by atomic mass is 16.6. The topological polar surface area (TPSA) is 212 Å². The Labute approximate surface area is 420 Å². The standard InChI is InChI=1S/C30H39NO6.C26H33NO6.CH4/c1-3-4-10-20(2)25(37-30(35)31-17-6-5-7-18-31)16-15-22-24(32)19-26-28(22)23-13-8-11-21(29(23)36-26)12-9-14-27(33)34;1-3-4-7-16(2)20(28)13-12-18-21(29)14-22-25(18)19-10-5-8-17(26(19)33-22)9-6-11-23(30)27-15-24(31)32;/h8,11,13,15-16,20,22,24-26,28,32H,5-7,9-10,12,14,17-19H2,1-2H3,(H,33,34);5,8,10,12-13,16,18,20-22,25,28-29H,6-7,9,11,14-15H2,1-2H3,(H,27,30)(H,31,32);1H4/b16-15+;13-12+;/t20-,22-,24+,25+,26-,28-;16-,18-,20+,21+,22-,25-;/m00./s1. The average Bonchev–Trinajstić information content (AvgIpc) is 4.07. The first kappa shape index (κ1) is 56.1. The number of para-hydroxylation sites is 2. The Kier molecular flexibility index (Phi) is 21.5. The lowest BCUT2D eigenvalue weighted by molar-refractivity contribution is -0.138. The normalized spacial score (nSPS) is 25.1. The maximum absolute atomic E-state index is 12.9. The number of aliphatic hydroxyl groups excluding tert-OH is 3. The van der Waals surface area contributed by atoms with Crippen LogP contribution in [0.25, 0.3) is 0 Å². The van der Waals surface area contributed by atoms with Gasteiger partial charge < -0.3 is 50.0 Å². The van der Waals surface area contributed by atoms with E-state index in [0.29, 0.717) is 51.4 Å². The first-order valence-corrected chi connectivity index (χ1v) is 25.1. The highest BCUT2D eigenvalue weighted by Crippen LogP contribution is 2.53. The Morgan fingerprint density at radius 1 is 0.761 bits per heavy atom. The summed E-state index contributed by atoms with van der Waals surface area (Å²) in [5.74, 6) is 11.1. The number of nitrogens with zero attached hydrogens (tertiary/aromatic N) is 1. The van der Waals surface area contributed by atoms with Gasteiger partial charge in [-0.2, -0.15) is 0 Å². The zero-order chi connectivity index (χ0) is 50.3. The fraction of sp³-hybridized carbons (Fsp3) is 0.579. The van der Waals surface area contributed by atoms with Gasteiger partial charge in [0.15, 0.2) is 0 Å². The molecule has 2 aromatic carbocycles. The number of carbonyl (C=O) groups excluding carboxylic acids is 2. The van der Waals surface area contributed by atoms with Gasteiger partial charge in [0, 0.05) is 92.3 Å². The molecule has 7 rings (SSSR count). The van der Waals surface area contributed by atoms with Crippen molar-refractivity contribution < 1.29 is 58.9 Å². The van der Waals surface area contributed by atoms with Crippen molar-refractivity contribution in [3.63, 3.8) is 0 Å². The molecule has 14 nitrogen and oxygen atoms in total. The number of fused-ring (bicyclic) bond motifs is 6. The van der Waals surface area contributed by atoms with Crippen molar-refractivity contribution in [1.82, 2.24) is 10.2 Å². The van der Waals surface area contributed by atoms with Crippen LogP contribution in [0.2, 0.25) is 0 Å². The number of likely N-dealkylation sites (tertiary alicyclic amines) is 1. The molecule has 12 atom stereocenters. The molecule has 0 aromatic heterocycles. The van der Waals surface area contributed by atoms with Gasteiger partial charge >= 0.3 is 18.0 Å². The maximum atomic E-state index is 12.9. The minimum Gasteiger partial charge on any atom is -0.489 e. The van der Waals surface area contributed by atoms with E-state index in [0.717, 1.165) is 66.1 Å². The number of hydrogen-bond donors (Lipinski definition) is 6. The first-order chi connectivity index (χ1) is 33.7. The number of piperidine rings is 1. The molecule has 14 heteroatoms. The number of nitrogens with one attached hydrogen (secondary N) is 1. The molecule has 1 saturated heterocycles. The summed E-state index contributed by atoms with van der Waals surface area (Å²) in [6, 6.07) is 12.0. The molecule has 6 N–H and O–H groups in total. The smallest absolute Gasteiger partial charge is 0.410 e. The van der Waals surface area contributed by atoms with Crippen LogP contribution in [0.15, 0.2) is 60.7 Å². The summed E-state index contributed by atoms with van der Waals surface area (Å²) in [4.78, 5) is 48.0. The zero-order valence-electron chi connectivity index (χ0n) is 41.1. The van der Waals surface area contributed by atoms with E-state index in [-0.39, 0.29) is 86.5 Å². The van der Waals surface area contributed by atoms with E-state index in [1.54, 1.807) is 24.8 Å². The summed E-state index contributed by atoms with van der Waals surface area (Å²) in [6.07, 6.45) is 13.2. The molecule has 0 unspecified atom stereocenters. The molecule has 71 heavy (non-hydrogen) atoms. The molecule has 0 spiro atoms. The van der Waals surface area contributed by atoms with Crippen LogP contribution in [0.4, 0.5) is 4.79 Å². The second-order valence-electron chi connectivity index (χ2n) is 19.4. The summed E-state index contributed by atoms with van der Waals surface area (Å²) in [7, 11) is 0. The van der Waals surface area contributed by atoms with Gasteiger partial charge in [-0.3, -0.25) is 14.4 Å². The quantitative estimate of drug-likeness (QED) is 0.0585. The first-order valence-electron chi connectivity index (χ1n) is 25.1. The largest absolute Gasteiger partial charge is 0.489 e. The van der Waals surface area contributed by atoms with Crippen LogP contribution in [0.5, 0.6) is 11.5 Å². The minimum absolute atomic E-state index is 0. The Balaban J connectivity index is 0.000000262. The van der Waals surface area contributed by atoms with Crippen molar-refractivity contribution in [3.8, 4) is 35.2 Å². The number of carboxylic acid groups (broad SMARTS) is 2. The van der Waals surface area contributed by atoms with E-state index >= 15 is 0 Å².